The van der Waals surface area contributed by atoms with Gasteiger partial charge in [0.15, 0.2) is 0 Å². The molecule has 3 heterocycles. The summed E-state index contributed by atoms with van der Waals surface area (Å²) in [6, 6.07) is 4.11. The molecular weight excluding hydrogens is 306 g/mol. The van der Waals surface area contributed by atoms with E-state index in [0.717, 1.165) is 29.1 Å². The van der Waals surface area contributed by atoms with E-state index in [9.17, 15) is 0 Å². The number of nitrogens with two attached hydrogens (primary N) is 1. The number of pyridine rings is 1. The Bertz CT molecular complexity index is 565. The predicted octanol–water partition coefficient (Wildman–Crippen LogP) is 1.51. The van der Waals surface area contributed by atoms with E-state index in [1.165, 1.54) is 0 Å². The van der Waals surface area contributed by atoms with Crippen molar-refractivity contribution < 1.29 is 0 Å². The molecule has 2 atom stereocenters. The van der Waals surface area contributed by atoms with Crippen LogP contribution in [0.25, 0.3) is 0 Å². The van der Waals surface area contributed by atoms with E-state index in [1.54, 1.807) is 0 Å². The molecule has 0 aliphatic carbocycles. The van der Waals surface area contributed by atoms with Crippen LogP contribution in [-0.2, 0) is 7.05 Å². The van der Waals surface area contributed by atoms with Crippen LogP contribution in [0.2, 0.25) is 0 Å². The number of nitrogens with zero attached hydrogens (tertiary/aromatic N) is 4. The fraction of sp³-hybridized carbons (Fsp3) is 0.385. The van der Waals surface area contributed by atoms with Gasteiger partial charge in [-0.15, -0.1) is 0 Å². The molecule has 1 aliphatic rings. The van der Waals surface area contributed by atoms with Crippen LogP contribution in [0.15, 0.2) is 35.3 Å². The maximum Gasteiger partial charge on any atom is 0.128 e. The second-order valence-electron chi connectivity index (χ2n) is 4.97. The Kier molecular flexibility index (Phi) is 3.28. The predicted molar refractivity (Wildman–Crippen MR) is 78.1 cm³/mol. The minimum atomic E-state index is 0.0975. The highest BCUT2D eigenvalue weighted by Gasteiger charge is 2.33. The zero-order valence-corrected chi connectivity index (χ0v) is 12.3. The Balaban J connectivity index is 1.79. The third-order valence-corrected chi connectivity index (χ3v) is 3.97. The lowest BCUT2D eigenvalue weighted by Crippen LogP contribution is -2.29. The van der Waals surface area contributed by atoms with Crippen LogP contribution in [0.3, 0.4) is 0 Å². The Morgan fingerprint density at radius 2 is 2.16 bits per heavy atom. The van der Waals surface area contributed by atoms with E-state index in [2.05, 4.69) is 30.8 Å². The average Bonchev–Trinajstić information content (AvgIpc) is 2.96. The third-order valence-electron chi connectivity index (χ3n) is 3.51. The van der Waals surface area contributed by atoms with Crippen LogP contribution in [0.5, 0.6) is 0 Å². The van der Waals surface area contributed by atoms with Crippen molar-refractivity contribution in [3.8, 4) is 0 Å². The highest BCUT2D eigenvalue weighted by Crippen LogP contribution is 2.28. The molecule has 0 unspecified atom stereocenters. The van der Waals surface area contributed by atoms with E-state index in [0.29, 0.717) is 0 Å². The normalized spacial score (nSPS) is 23.0. The molecule has 1 fully saturated rings. The van der Waals surface area contributed by atoms with Gasteiger partial charge in [-0.1, -0.05) is 0 Å². The molecular formula is C13H16BrN5. The first-order valence-corrected chi connectivity index (χ1v) is 7.03. The lowest BCUT2D eigenvalue weighted by Gasteiger charge is -2.16. The van der Waals surface area contributed by atoms with Crippen molar-refractivity contribution in [3.05, 3.63) is 41.0 Å². The molecule has 0 saturated carbocycles. The van der Waals surface area contributed by atoms with Gasteiger partial charge in [0.25, 0.3) is 0 Å². The second-order valence-corrected chi connectivity index (χ2v) is 5.89. The van der Waals surface area contributed by atoms with E-state index in [1.807, 2.05) is 42.5 Å². The van der Waals surface area contributed by atoms with Crippen molar-refractivity contribution in [1.29, 1.82) is 0 Å². The molecule has 0 aromatic carbocycles. The Hall–Kier alpha value is -1.40. The zero-order valence-electron chi connectivity index (χ0n) is 10.7. The molecule has 3 rings (SSSR count). The highest BCUT2D eigenvalue weighted by molar-refractivity contribution is 9.10. The summed E-state index contributed by atoms with van der Waals surface area (Å²) in [5, 5.41) is 0. The number of imidazole rings is 1. The summed E-state index contributed by atoms with van der Waals surface area (Å²) in [5.41, 5.74) is 7.31. The van der Waals surface area contributed by atoms with E-state index < -0.39 is 0 Å². The van der Waals surface area contributed by atoms with Gasteiger partial charge in [0, 0.05) is 49.0 Å². The number of hydrogen-bond acceptors (Lipinski definition) is 4. The monoisotopic (exact) mass is 321 g/mol. The SMILES string of the molecule is Cn1cnc([C@@H]2CN(c3ccc(Br)cn3)C[C@H]2N)c1. The first kappa shape index (κ1) is 12.6. The second kappa shape index (κ2) is 4.94. The van der Waals surface area contributed by atoms with Crippen LogP contribution in [0.4, 0.5) is 5.82 Å². The first-order valence-electron chi connectivity index (χ1n) is 6.23. The summed E-state index contributed by atoms with van der Waals surface area (Å²) in [6.45, 7) is 1.68. The highest BCUT2D eigenvalue weighted by atomic mass is 79.9. The molecule has 0 spiro atoms. The number of rotatable bonds is 2. The van der Waals surface area contributed by atoms with E-state index >= 15 is 0 Å². The standard InChI is InChI=1S/C13H16BrN5/c1-18-7-12(17-8-18)10-5-19(6-11(10)15)13-3-2-9(14)4-16-13/h2-4,7-8,10-11H,5-6,15H2,1H3/t10-,11-/m1/s1. The van der Waals surface area contributed by atoms with Gasteiger partial charge in [0.1, 0.15) is 5.82 Å². The number of aromatic nitrogens is 3. The van der Waals surface area contributed by atoms with Gasteiger partial charge >= 0.3 is 0 Å². The van der Waals surface area contributed by atoms with E-state index in [4.69, 9.17) is 5.73 Å². The molecule has 5 nitrogen and oxygen atoms in total. The number of hydrogen-bond donors (Lipinski definition) is 1. The van der Waals surface area contributed by atoms with Gasteiger partial charge in [-0.25, -0.2) is 9.97 Å². The quantitative estimate of drug-likeness (QED) is 0.910. The van der Waals surface area contributed by atoms with Crippen LogP contribution >= 0.6 is 15.9 Å². The maximum absolute atomic E-state index is 6.25. The summed E-state index contributed by atoms with van der Waals surface area (Å²) < 4.78 is 2.95. The summed E-state index contributed by atoms with van der Waals surface area (Å²) in [7, 11) is 1.98. The van der Waals surface area contributed by atoms with Gasteiger partial charge in [-0.05, 0) is 28.1 Å². The lowest BCUT2D eigenvalue weighted by molar-refractivity contribution is 0.639. The molecule has 2 aromatic rings. The minimum absolute atomic E-state index is 0.0975. The smallest absolute Gasteiger partial charge is 0.128 e. The number of halogens is 1. The van der Waals surface area contributed by atoms with Crippen molar-refractivity contribution in [1.82, 2.24) is 14.5 Å². The molecule has 0 amide bonds. The van der Waals surface area contributed by atoms with Crippen LogP contribution < -0.4 is 10.6 Å². The lowest BCUT2D eigenvalue weighted by atomic mass is 10.0. The Morgan fingerprint density at radius 1 is 1.32 bits per heavy atom. The molecule has 2 N–H and O–H groups in total. The summed E-state index contributed by atoms with van der Waals surface area (Å²) in [4.78, 5) is 11.1. The van der Waals surface area contributed by atoms with Crippen molar-refractivity contribution in [3.63, 3.8) is 0 Å². The minimum Gasteiger partial charge on any atom is -0.354 e. The van der Waals surface area contributed by atoms with Gasteiger partial charge in [-0.3, -0.25) is 0 Å². The molecule has 19 heavy (non-hydrogen) atoms. The summed E-state index contributed by atoms with van der Waals surface area (Å²) >= 11 is 3.40. The van der Waals surface area contributed by atoms with Gasteiger partial charge in [0.05, 0.1) is 12.0 Å². The van der Waals surface area contributed by atoms with Crippen LogP contribution in [0.1, 0.15) is 11.6 Å². The van der Waals surface area contributed by atoms with Crippen LogP contribution in [0, 0.1) is 0 Å². The fourth-order valence-corrected chi connectivity index (χ4v) is 2.74. The third kappa shape index (κ3) is 2.50. The molecule has 0 radical (unpaired) electrons. The van der Waals surface area contributed by atoms with Crippen molar-refractivity contribution >= 4 is 21.7 Å². The molecule has 1 aliphatic heterocycles. The zero-order chi connectivity index (χ0) is 13.4. The Morgan fingerprint density at radius 3 is 2.79 bits per heavy atom. The van der Waals surface area contributed by atoms with Crippen molar-refractivity contribution in [2.24, 2.45) is 12.8 Å². The largest absolute Gasteiger partial charge is 0.354 e. The fourth-order valence-electron chi connectivity index (χ4n) is 2.51. The van der Waals surface area contributed by atoms with Crippen molar-refractivity contribution in [2.45, 2.75) is 12.0 Å². The van der Waals surface area contributed by atoms with Gasteiger partial charge in [-0.2, -0.15) is 0 Å². The average molecular weight is 322 g/mol. The van der Waals surface area contributed by atoms with E-state index in [-0.39, 0.29) is 12.0 Å². The summed E-state index contributed by atoms with van der Waals surface area (Å²) in [6.07, 6.45) is 5.68. The molecule has 1 saturated heterocycles. The molecule has 2 aromatic heterocycles. The molecule has 0 bridgehead atoms. The first-order chi connectivity index (χ1) is 9.13. The van der Waals surface area contributed by atoms with Gasteiger partial charge in [0.2, 0.25) is 0 Å². The van der Waals surface area contributed by atoms with Crippen molar-refractivity contribution in [2.75, 3.05) is 18.0 Å². The molecule has 100 valence electrons. The number of aryl methyl sites for hydroxylation is 1. The van der Waals surface area contributed by atoms with Crippen LogP contribution in [-0.4, -0.2) is 33.7 Å². The number of anilines is 1. The topological polar surface area (TPSA) is 60.0 Å². The summed E-state index contributed by atoms with van der Waals surface area (Å²) in [5.74, 6) is 1.24. The Labute approximate surface area is 120 Å². The molecule has 6 heteroatoms. The van der Waals surface area contributed by atoms with Gasteiger partial charge < -0.3 is 15.2 Å². The maximum atomic E-state index is 6.25.